The first-order valence-electron chi connectivity index (χ1n) is 7.71. The Bertz CT molecular complexity index is 355. The third kappa shape index (κ3) is 5.93. The van der Waals surface area contributed by atoms with E-state index in [1.807, 2.05) is 25.2 Å². The first-order chi connectivity index (χ1) is 9.83. The number of benzene rings is 1. The van der Waals surface area contributed by atoms with Crippen molar-refractivity contribution in [2.75, 3.05) is 27.4 Å². The zero-order valence-corrected chi connectivity index (χ0v) is 13.2. The molecule has 3 nitrogen and oxygen atoms in total. The minimum atomic E-state index is 0.182. The maximum Gasteiger partial charge on any atom is 0.123 e. The third-order valence-electron chi connectivity index (χ3n) is 3.54. The Morgan fingerprint density at radius 1 is 1.10 bits per heavy atom. The Morgan fingerprint density at radius 2 is 1.85 bits per heavy atom. The van der Waals surface area contributed by atoms with Crippen LogP contribution < -0.4 is 10.1 Å². The highest BCUT2D eigenvalue weighted by molar-refractivity contribution is 5.35. The van der Waals surface area contributed by atoms with Crippen LogP contribution in [0.15, 0.2) is 24.3 Å². The summed E-state index contributed by atoms with van der Waals surface area (Å²) in [6.45, 7) is 3.77. The Kier molecular flexibility index (Phi) is 9.09. The first kappa shape index (κ1) is 17.0. The van der Waals surface area contributed by atoms with Crippen LogP contribution in [0.1, 0.15) is 50.6 Å². The van der Waals surface area contributed by atoms with Crippen LogP contribution in [0.25, 0.3) is 0 Å². The van der Waals surface area contributed by atoms with Crippen LogP contribution in [-0.4, -0.2) is 27.4 Å². The highest BCUT2D eigenvalue weighted by Gasteiger charge is 2.13. The van der Waals surface area contributed by atoms with Gasteiger partial charge in [0.15, 0.2) is 0 Å². The van der Waals surface area contributed by atoms with Gasteiger partial charge in [-0.15, -0.1) is 0 Å². The van der Waals surface area contributed by atoms with Gasteiger partial charge >= 0.3 is 0 Å². The summed E-state index contributed by atoms with van der Waals surface area (Å²) in [6, 6.07) is 8.29. The van der Waals surface area contributed by atoms with Gasteiger partial charge in [-0.1, -0.05) is 50.8 Å². The van der Waals surface area contributed by atoms with Crippen LogP contribution in [0.3, 0.4) is 0 Å². The van der Waals surface area contributed by atoms with Crippen molar-refractivity contribution in [3.8, 4) is 5.75 Å². The molecule has 0 aliphatic carbocycles. The normalized spacial score (nSPS) is 12.3. The van der Waals surface area contributed by atoms with Crippen LogP contribution in [0.4, 0.5) is 0 Å². The van der Waals surface area contributed by atoms with Crippen molar-refractivity contribution in [2.45, 2.75) is 45.1 Å². The standard InChI is InChI=1S/C17H29NO2/c1-4-5-6-7-10-13-20-14-16(18-2)15-11-8-9-12-17(15)19-3/h8-9,11-12,16,18H,4-7,10,13-14H2,1-3H3. The summed E-state index contributed by atoms with van der Waals surface area (Å²) in [6.07, 6.45) is 6.37. The Labute approximate surface area is 123 Å². The summed E-state index contributed by atoms with van der Waals surface area (Å²) in [7, 11) is 3.67. The van der Waals surface area contributed by atoms with E-state index < -0.39 is 0 Å². The quantitative estimate of drug-likeness (QED) is 0.622. The summed E-state index contributed by atoms with van der Waals surface area (Å²) < 4.78 is 11.2. The van der Waals surface area contributed by atoms with E-state index in [0.29, 0.717) is 6.61 Å². The molecular formula is C17H29NO2. The molecule has 1 N–H and O–H groups in total. The van der Waals surface area contributed by atoms with E-state index in [2.05, 4.69) is 18.3 Å². The summed E-state index contributed by atoms with van der Waals surface area (Å²) in [4.78, 5) is 0. The fourth-order valence-corrected chi connectivity index (χ4v) is 2.29. The average molecular weight is 279 g/mol. The van der Waals surface area contributed by atoms with Gasteiger partial charge in [-0.3, -0.25) is 0 Å². The predicted molar refractivity (Wildman–Crippen MR) is 84.4 cm³/mol. The molecule has 0 bridgehead atoms. The molecule has 3 heteroatoms. The van der Waals surface area contributed by atoms with Crippen LogP contribution in [0.2, 0.25) is 0 Å². The Morgan fingerprint density at radius 3 is 2.55 bits per heavy atom. The minimum Gasteiger partial charge on any atom is -0.496 e. The first-order valence-corrected chi connectivity index (χ1v) is 7.71. The SMILES string of the molecule is CCCCCCCOCC(NC)c1ccccc1OC. The zero-order valence-electron chi connectivity index (χ0n) is 13.2. The molecule has 0 spiro atoms. The molecule has 0 radical (unpaired) electrons. The molecule has 1 aromatic rings. The van der Waals surface area contributed by atoms with Gasteiger partial charge in [-0.05, 0) is 19.5 Å². The second kappa shape index (κ2) is 10.7. The van der Waals surface area contributed by atoms with Gasteiger partial charge in [0, 0.05) is 12.2 Å². The van der Waals surface area contributed by atoms with Crippen molar-refractivity contribution < 1.29 is 9.47 Å². The Balaban J connectivity index is 2.32. The fourth-order valence-electron chi connectivity index (χ4n) is 2.29. The number of para-hydroxylation sites is 1. The lowest BCUT2D eigenvalue weighted by Crippen LogP contribution is -2.22. The zero-order chi connectivity index (χ0) is 14.6. The lowest BCUT2D eigenvalue weighted by atomic mass is 10.1. The monoisotopic (exact) mass is 279 g/mol. The molecule has 114 valence electrons. The molecule has 1 aromatic carbocycles. The van der Waals surface area contributed by atoms with Gasteiger partial charge < -0.3 is 14.8 Å². The van der Waals surface area contributed by atoms with Crippen LogP contribution >= 0.6 is 0 Å². The minimum absolute atomic E-state index is 0.182. The largest absolute Gasteiger partial charge is 0.496 e. The summed E-state index contributed by atoms with van der Waals surface area (Å²) in [5.74, 6) is 0.915. The number of likely N-dealkylation sites (N-methyl/N-ethyl adjacent to an activating group) is 1. The van der Waals surface area contributed by atoms with Crippen molar-refractivity contribution >= 4 is 0 Å². The third-order valence-corrected chi connectivity index (χ3v) is 3.54. The summed E-state index contributed by atoms with van der Waals surface area (Å²) in [5.41, 5.74) is 1.16. The average Bonchev–Trinajstić information content (AvgIpc) is 2.50. The number of unbranched alkanes of at least 4 members (excludes halogenated alkanes) is 4. The topological polar surface area (TPSA) is 30.5 Å². The summed E-state index contributed by atoms with van der Waals surface area (Å²) in [5, 5.41) is 3.30. The smallest absolute Gasteiger partial charge is 0.123 e. The van der Waals surface area contributed by atoms with Gasteiger partial charge in [-0.2, -0.15) is 0 Å². The van der Waals surface area contributed by atoms with Gasteiger partial charge in [0.05, 0.1) is 19.8 Å². The van der Waals surface area contributed by atoms with E-state index in [4.69, 9.17) is 9.47 Å². The van der Waals surface area contributed by atoms with Gasteiger partial charge in [-0.25, -0.2) is 0 Å². The van der Waals surface area contributed by atoms with E-state index in [1.165, 1.54) is 25.7 Å². The maximum absolute atomic E-state index is 5.80. The van der Waals surface area contributed by atoms with Crippen molar-refractivity contribution in [1.29, 1.82) is 0 Å². The number of nitrogens with one attached hydrogen (secondary N) is 1. The molecule has 0 fully saturated rings. The van der Waals surface area contributed by atoms with Gasteiger partial charge in [0.2, 0.25) is 0 Å². The fraction of sp³-hybridized carbons (Fsp3) is 0.647. The molecule has 1 atom stereocenters. The summed E-state index contributed by atoms with van der Waals surface area (Å²) >= 11 is 0. The van der Waals surface area contributed by atoms with E-state index in [1.54, 1.807) is 7.11 Å². The van der Waals surface area contributed by atoms with Crippen LogP contribution in [0, 0.1) is 0 Å². The van der Waals surface area contributed by atoms with Crippen molar-refractivity contribution in [3.63, 3.8) is 0 Å². The van der Waals surface area contributed by atoms with Crippen molar-refractivity contribution in [2.24, 2.45) is 0 Å². The highest BCUT2D eigenvalue weighted by Crippen LogP contribution is 2.24. The lowest BCUT2D eigenvalue weighted by molar-refractivity contribution is 0.109. The van der Waals surface area contributed by atoms with E-state index >= 15 is 0 Å². The van der Waals surface area contributed by atoms with Gasteiger partial charge in [0.25, 0.3) is 0 Å². The molecule has 0 saturated heterocycles. The lowest BCUT2D eigenvalue weighted by Gasteiger charge is -2.19. The molecular weight excluding hydrogens is 250 g/mol. The number of methoxy groups -OCH3 is 1. The van der Waals surface area contributed by atoms with Crippen molar-refractivity contribution in [1.82, 2.24) is 5.32 Å². The van der Waals surface area contributed by atoms with Crippen LogP contribution in [-0.2, 0) is 4.74 Å². The number of ether oxygens (including phenoxy) is 2. The molecule has 1 rings (SSSR count). The number of hydrogen-bond donors (Lipinski definition) is 1. The second-order valence-corrected chi connectivity index (χ2v) is 5.07. The molecule has 0 heterocycles. The van der Waals surface area contributed by atoms with Crippen LogP contribution in [0.5, 0.6) is 5.75 Å². The van der Waals surface area contributed by atoms with Gasteiger partial charge in [0.1, 0.15) is 5.75 Å². The molecule has 0 aliphatic rings. The molecule has 1 unspecified atom stereocenters. The molecule has 0 saturated carbocycles. The van der Waals surface area contributed by atoms with Crippen molar-refractivity contribution in [3.05, 3.63) is 29.8 Å². The Hall–Kier alpha value is -1.06. The second-order valence-electron chi connectivity index (χ2n) is 5.07. The van der Waals surface area contributed by atoms with E-state index in [9.17, 15) is 0 Å². The van der Waals surface area contributed by atoms with E-state index in [0.717, 1.165) is 24.3 Å². The maximum atomic E-state index is 5.80. The number of hydrogen-bond acceptors (Lipinski definition) is 3. The highest BCUT2D eigenvalue weighted by atomic mass is 16.5. The van der Waals surface area contributed by atoms with E-state index in [-0.39, 0.29) is 6.04 Å². The molecule has 0 aliphatic heterocycles. The molecule has 0 amide bonds. The number of rotatable bonds is 11. The predicted octanol–water partition coefficient (Wildman–Crippen LogP) is 3.94. The molecule has 0 aromatic heterocycles. The molecule has 20 heavy (non-hydrogen) atoms.